The number of nitrogens with one attached hydrogen (secondary N) is 1. The molecule has 0 bridgehead atoms. The number of carbonyl (C=O) groups is 3. The van der Waals surface area contributed by atoms with Gasteiger partial charge in [0.25, 0.3) is 0 Å². The summed E-state index contributed by atoms with van der Waals surface area (Å²) in [6.45, 7) is 3.57. The molecule has 28 heavy (non-hydrogen) atoms. The lowest BCUT2D eigenvalue weighted by Gasteiger charge is -2.34. The average Bonchev–Trinajstić information content (AvgIpc) is 2.69. The molecule has 7 nitrogen and oxygen atoms in total. The van der Waals surface area contributed by atoms with Crippen molar-refractivity contribution < 1.29 is 14.4 Å². The number of anilines is 1. The molecule has 1 saturated heterocycles. The number of fused-ring (bicyclic) bond motifs is 1. The number of carbonyl (C=O) groups excluding carboxylic acids is 3. The monoisotopic (exact) mass is 386 g/mol. The Hall–Kier alpha value is -2.41. The van der Waals surface area contributed by atoms with Crippen molar-refractivity contribution in [1.29, 1.82) is 0 Å². The van der Waals surface area contributed by atoms with Crippen LogP contribution in [0.2, 0.25) is 0 Å². The number of piperidine rings is 1. The van der Waals surface area contributed by atoms with Gasteiger partial charge in [0.1, 0.15) is 0 Å². The molecule has 0 radical (unpaired) electrons. The van der Waals surface area contributed by atoms with Crippen molar-refractivity contribution in [1.82, 2.24) is 10.2 Å². The SMILES string of the molecule is NC(=O)CCC(=O)NC1CCN(CCCN2C(=O)CCc3ccccc32)CC1. The van der Waals surface area contributed by atoms with E-state index < -0.39 is 5.91 Å². The topological polar surface area (TPSA) is 95.7 Å². The summed E-state index contributed by atoms with van der Waals surface area (Å²) < 4.78 is 0. The van der Waals surface area contributed by atoms with E-state index in [4.69, 9.17) is 5.73 Å². The molecule has 7 heteroatoms. The van der Waals surface area contributed by atoms with Gasteiger partial charge in [0.2, 0.25) is 17.7 Å². The highest BCUT2D eigenvalue weighted by molar-refractivity contribution is 5.96. The maximum atomic E-state index is 12.3. The first-order valence-corrected chi connectivity index (χ1v) is 10.2. The third-order valence-electron chi connectivity index (χ3n) is 5.60. The summed E-state index contributed by atoms with van der Waals surface area (Å²) in [5, 5.41) is 2.99. The van der Waals surface area contributed by atoms with Gasteiger partial charge in [-0.25, -0.2) is 0 Å². The molecular formula is C21H30N4O3. The highest BCUT2D eigenvalue weighted by Crippen LogP contribution is 2.27. The second kappa shape index (κ2) is 9.68. The molecule has 3 amide bonds. The van der Waals surface area contributed by atoms with Crippen LogP contribution in [0.3, 0.4) is 0 Å². The summed E-state index contributed by atoms with van der Waals surface area (Å²) in [4.78, 5) is 39.2. The minimum Gasteiger partial charge on any atom is -0.370 e. The Bertz CT molecular complexity index is 713. The van der Waals surface area contributed by atoms with Gasteiger partial charge in [0, 0.05) is 50.6 Å². The Morgan fingerprint density at radius 2 is 1.82 bits per heavy atom. The zero-order valence-corrected chi connectivity index (χ0v) is 16.4. The van der Waals surface area contributed by atoms with E-state index in [0.717, 1.165) is 57.5 Å². The Labute approximate surface area is 166 Å². The first-order valence-electron chi connectivity index (χ1n) is 10.2. The summed E-state index contributed by atoms with van der Waals surface area (Å²) in [7, 11) is 0. The van der Waals surface area contributed by atoms with E-state index in [1.807, 2.05) is 23.1 Å². The smallest absolute Gasteiger partial charge is 0.227 e. The first kappa shape index (κ1) is 20.3. The molecule has 2 heterocycles. The van der Waals surface area contributed by atoms with Gasteiger partial charge in [-0.15, -0.1) is 0 Å². The number of nitrogens with two attached hydrogens (primary N) is 1. The molecule has 0 spiro atoms. The van der Waals surface area contributed by atoms with Crippen molar-refractivity contribution in [3.05, 3.63) is 29.8 Å². The zero-order valence-electron chi connectivity index (χ0n) is 16.4. The minimum absolute atomic E-state index is 0.0977. The lowest BCUT2D eigenvalue weighted by molar-refractivity contribution is -0.125. The fourth-order valence-corrected chi connectivity index (χ4v) is 4.03. The van der Waals surface area contributed by atoms with Gasteiger partial charge in [0.05, 0.1) is 0 Å². The van der Waals surface area contributed by atoms with E-state index in [9.17, 15) is 14.4 Å². The van der Waals surface area contributed by atoms with Crippen molar-refractivity contribution in [3.8, 4) is 0 Å². The lowest BCUT2D eigenvalue weighted by atomic mass is 10.0. The normalized spacial score (nSPS) is 18.0. The van der Waals surface area contributed by atoms with Crippen LogP contribution in [0, 0.1) is 0 Å². The van der Waals surface area contributed by atoms with Crippen LogP contribution < -0.4 is 16.0 Å². The van der Waals surface area contributed by atoms with Gasteiger partial charge in [-0.2, -0.15) is 0 Å². The van der Waals surface area contributed by atoms with Crippen molar-refractivity contribution >= 4 is 23.4 Å². The number of hydrogen-bond donors (Lipinski definition) is 2. The summed E-state index contributed by atoms with van der Waals surface area (Å²) in [5.74, 6) is -0.324. The quantitative estimate of drug-likeness (QED) is 0.702. The van der Waals surface area contributed by atoms with Crippen LogP contribution in [0.25, 0.3) is 0 Å². The molecule has 0 aromatic heterocycles. The number of rotatable bonds is 8. The molecule has 1 fully saturated rings. The lowest BCUT2D eigenvalue weighted by Crippen LogP contribution is -2.45. The van der Waals surface area contributed by atoms with Crippen LogP contribution in [0.15, 0.2) is 24.3 Å². The maximum absolute atomic E-state index is 12.3. The van der Waals surface area contributed by atoms with Crippen LogP contribution in [0.4, 0.5) is 5.69 Å². The third kappa shape index (κ3) is 5.55. The molecule has 2 aliphatic rings. The van der Waals surface area contributed by atoms with Crippen molar-refractivity contribution in [2.24, 2.45) is 5.73 Å². The molecule has 2 aliphatic heterocycles. The standard InChI is InChI=1S/C21H30N4O3/c22-19(26)7-8-20(27)23-17-10-14-24(15-11-17)12-3-13-25-18-5-2-1-4-16(18)6-9-21(25)28/h1-2,4-5,17H,3,6-15H2,(H2,22,26)(H,23,27). The van der Waals surface area contributed by atoms with E-state index in [0.29, 0.717) is 6.42 Å². The second-order valence-electron chi connectivity index (χ2n) is 7.68. The minimum atomic E-state index is -0.445. The highest BCUT2D eigenvalue weighted by Gasteiger charge is 2.24. The van der Waals surface area contributed by atoms with E-state index in [1.54, 1.807) is 0 Å². The molecule has 1 aromatic carbocycles. The van der Waals surface area contributed by atoms with Crippen LogP contribution >= 0.6 is 0 Å². The largest absolute Gasteiger partial charge is 0.370 e. The summed E-state index contributed by atoms with van der Waals surface area (Å²) in [6.07, 6.45) is 4.46. The van der Waals surface area contributed by atoms with Crippen LogP contribution in [-0.2, 0) is 20.8 Å². The van der Waals surface area contributed by atoms with Crippen molar-refractivity contribution in [2.45, 2.75) is 51.0 Å². The number of para-hydroxylation sites is 1. The van der Waals surface area contributed by atoms with Crippen LogP contribution in [0.1, 0.15) is 44.1 Å². The summed E-state index contributed by atoms with van der Waals surface area (Å²) in [5.41, 5.74) is 7.40. The van der Waals surface area contributed by atoms with Crippen molar-refractivity contribution in [2.75, 3.05) is 31.1 Å². The Kier molecular flexibility index (Phi) is 7.03. The van der Waals surface area contributed by atoms with Gasteiger partial charge < -0.3 is 20.9 Å². The summed E-state index contributed by atoms with van der Waals surface area (Å²) >= 11 is 0. The number of primary amides is 1. The van der Waals surface area contributed by atoms with Gasteiger partial charge in [0.15, 0.2) is 0 Å². The molecule has 3 N–H and O–H groups in total. The predicted octanol–water partition coefficient (Wildman–Crippen LogP) is 1.20. The molecule has 0 atom stereocenters. The first-order chi connectivity index (χ1) is 13.5. The number of aryl methyl sites for hydroxylation is 1. The van der Waals surface area contributed by atoms with Gasteiger partial charge in [-0.1, -0.05) is 18.2 Å². The summed E-state index contributed by atoms with van der Waals surface area (Å²) in [6, 6.07) is 8.35. The van der Waals surface area contributed by atoms with E-state index >= 15 is 0 Å². The maximum Gasteiger partial charge on any atom is 0.227 e. The van der Waals surface area contributed by atoms with E-state index in [-0.39, 0.29) is 30.7 Å². The third-order valence-corrected chi connectivity index (χ3v) is 5.60. The second-order valence-corrected chi connectivity index (χ2v) is 7.68. The predicted molar refractivity (Wildman–Crippen MR) is 108 cm³/mol. The molecule has 0 aliphatic carbocycles. The number of hydrogen-bond acceptors (Lipinski definition) is 4. The van der Waals surface area contributed by atoms with Crippen LogP contribution in [0.5, 0.6) is 0 Å². The van der Waals surface area contributed by atoms with E-state index in [2.05, 4.69) is 16.3 Å². The molecule has 0 unspecified atom stereocenters. The Morgan fingerprint density at radius 3 is 2.57 bits per heavy atom. The number of amides is 3. The molecular weight excluding hydrogens is 356 g/mol. The van der Waals surface area contributed by atoms with Gasteiger partial charge in [-0.05, 0) is 43.9 Å². The number of benzene rings is 1. The highest BCUT2D eigenvalue weighted by atomic mass is 16.2. The molecule has 152 valence electrons. The molecule has 3 rings (SSSR count). The van der Waals surface area contributed by atoms with E-state index in [1.165, 1.54) is 5.56 Å². The van der Waals surface area contributed by atoms with Gasteiger partial charge >= 0.3 is 0 Å². The average molecular weight is 386 g/mol. The number of likely N-dealkylation sites (tertiary alicyclic amines) is 1. The number of nitrogens with zero attached hydrogens (tertiary/aromatic N) is 2. The molecule has 0 saturated carbocycles. The fraction of sp³-hybridized carbons (Fsp3) is 0.571. The Balaban J connectivity index is 1.38. The van der Waals surface area contributed by atoms with Crippen molar-refractivity contribution in [3.63, 3.8) is 0 Å². The zero-order chi connectivity index (χ0) is 19.9. The van der Waals surface area contributed by atoms with Crippen LogP contribution in [-0.4, -0.2) is 54.8 Å². The van der Waals surface area contributed by atoms with Gasteiger partial charge in [-0.3, -0.25) is 14.4 Å². The fourth-order valence-electron chi connectivity index (χ4n) is 4.03. The molecule has 1 aromatic rings. The Morgan fingerprint density at radius 1 is 1.07 bits per heavy atom.